The van der Waals surface area contributed by atoms with Gasteiger partial charge in [-0.05, 0) is 17.7 Å². The van der Waals surface area contributed by atoms with Gasteiger partial charge in [0.25, 0.3) is 0 Å². The fourth-order valence-corrected chi connectivity index (χ4v) is 0.979. The highest BCUT2D eigenvalue weighted by Crippen LogP contribution is 2.10. The molecule has 3 nitrogen and oxygen atoms in total. The van der Waals surface area contributed by atoms with Crippen molar-refractivity contribution >= 4 is 5.84 Å². The minimum Gasteiger partial charge on any atom is -0.497 e. The Morgan fingerprint density at radius 3 is 2.42 bits per heavy atom. The van der Waals surface area contributed by atoms with Gasteiger partial charge >= 0.3 is 0 Å². The first-order valence-corrected chi connectivity index (χ1v) is 3.72. The molecule has 0 atom stereocenters. The van der Waals surface area contributed by atoms with Crippen LogP contribution in [0.5, 0.6) is 5.75 Å². The van der Waals surface area contributed by atoms with Crippen LogP contribution in [-0.2, 0) is 6.42 Å². The molecule has 0 saturated heterocycles. The Kier molecular flexibility index (Phi) is 2.69. The molecule has 0 aliphatic heterocycles. The molecule has 1 aromatic carbocycles. The van der Waals surface area contributed by atoms with E-state index in [0.717, 1.165) is 11.3 Å². The number of benzene rings is 1. The minimum absolute atomic E-state index is 0.431. The van der Waals surface area contributed by atoms with Gasteiger partial charge in [0.05, 0.1) is 13.5 Å². The summed E-state index contributed by atoms with van der Waals surface area (Å²) in [5.74, 6) is 1.27. The highest BCUT2D eigenvalue weighted by Gasteiger charge is 1.98. The molecule has 1 rings (SSSR count). The maximum Gasteiger partial charge on any atom is 0.242 e. The summed E-state index contributed by atoms with van der Waals surface area (Å²) < 4.78 is 5.00. The van der Waals surface area contributed by atoms with Gasteiger partial charge in [-0.15, -0.1) is 0 Å². The van der Waals surface area contributed by atoms with Crippen LogP contribution in [0.1, 0.15) is 5.56 Å². The summed E-state index contributed by atoms with van der Waals surface area (Å²) in [5, 5.41) is 5.36. The minimum atomic E-state index is 0.431. The average Bonchev–Trinajstić information content (AvgIpc) is 2.05. The van der Waals surface area contributed by atoms with E-state index in [0.29, 0.717) is 12.3 Å². The van der Waals surface area contributed by atoms with Gasteiger partial charge in [0, 0.05) is 0 Å². The zero-order chi connectivity index (χ0) is 8.97. The second-order valence-corrected chi connectivity index (χ2v) is 2.60. The van der Waals surface area contributed by atoms with Crippen LogP contribution in [0.2, 0.25) is 0 Å². The van der Waals surface area contributed by atoms with Crippen LogP contribution >= 0.6 is 0 Å². The number of hydrogen-bond donors (Lipinski definition) is 2. The van der Waals surface area contributed by atoms with Crippen molar-refractivity contribution in [2.75, 3.05) is 7.11 Å². The van der Waals surface area contributed by atoms with Gasteiger partial charge in [0.1, 0.15) is 5.75 Å². The summed E-state index contributed by atoms with van der Waals surface area (Å²) in [4.78, 5) is 0. The summed E-state index contributed by atoms with van der Waals surface area (Å²) in [6.45, 7) is 0. The van der Waals surface area contributed by atoms with Crippen molar-refractivity contribution in [1.82, 2.24) is 0 Å². The number of ether oxygens (including phenoxy) is 1. The van der Waals surface area contributed by atoms with E-state index in [1.807, 2.05) is 24.3 Å². The van der Waals surface area contributed by atoms with Gasteiger partial charge in [-0.25, -0.2) is 0 Å². The third-order valence-electron chi connectivity index (χ3n) is 1.57. The van der Waals surface area contributed by atoms with E-state index in [9.17, 15) is 0 Å². The van der Waals surface area contributed by atoms with E-state index in [1.54, 1.807) is 7.11 Å². The highest BCUT2D eigenvalue weighted by atomic mass is 16.5. The fourth-order valence-electron chi connectivity index (χ4n) is 0.979. The van der Waals surface area contributed by atoms with Crippen LogP contribution < -0.4 is 15.9 Å². The van der Waals surface area contributed by atoms with Gasteiger partial charge in [-0.2, -0.15) is 0 Å². The van der Waals surface area contributed by atoms with Crippen molar-refractivity contribution in [1.29, 1.82) is 0 Å². The lowest BCUT2D eigenvalue weighted by Crippen LogP contribution is -2.46. The van der Waals surface area contributed by atoms with Gasteiger partial charge in [-0.3, -0.25) is 11.1 Å². The summed E-state index contributed by atoms with van der Waals surface area (Å²) in [6, 6.07) is 7.66. The molecule has 1 aromatic rings. The van der Waals surface area contributed by atoms with E-state index >= 15 is 0 Å². The van der Waals surface area contributed by atoms with Gasteiger partial charge in [0.2, 0.25) is 5.84 Å². The zero-order valence-electron chi connectivity index (χ0n) is 7.08. The number of amidine groups is 1. The lowest BCUT2D eigenvalue weighted by Gasteiger charge is -1.99. The average molecular weight is 165 g/mol. The van der Waals surface area contributed by atoms with Crippen LogP contribution in [0.3, 0.4) is 0 Å². The molecule has 0 radical (unpaired) electrons. The summed E-state index contributed by atoms with van der Waals surface area (Å²) in [6.07, 6.45) is 0.615. The monoisotopic (exact) mass is 165 g/mol. The van der Waals surface area contributed by atoms with Crippen molar-refractivity contribution < 1.29 is 10.1 Å². The first-order chi connectivity index (χ1) is 5.72. The standard InChI is InChI=1S/C9H12N2O/c1-12-8-4-2-7(3-5-8)6-9(10)11/h2-5H,6H2,1H3,(H3,10,11)/p+1. The highest BCUT2D eigenvalue weighted by molar-refractivity contribution is 5.76. The Bertz CT molecular complexity index is 266. The Hall–Kier alpha value is -1.51. The molecular formula is C9H13N2O+. The van der Waals surface area contributed by atoms with E-state index in [2.05, 4.69) is 0 Å². The van der Waals surface area contributed by atoms with Crippen molar-refractivity contribution in [3.8, 4) is 5.75 Å². The first-order valence-electron chi connectivity index (χ1n) is 3.72. The molecule has 0 fully saturated rings. The topological polar surface area (TPSA) is 60.8 Å². The van der Waals surface area contributed by atoms with E-state index in [1.165, 1.54) is 0 Å². The van der Waals surface area contributed by atoms with Crippen molar-refractivity contribution in [2.24, 2.45) is 5.73 Å². The quantitative estimate of drug-likeness (QED) is 0.462. The van der Waals surface area contributed by atoms with E-state index in [4.69, 9.17) is 15.9 Å². The van der Waals surface area contributed by atoms with E-state index in [-0.39, 0.29) is 0 Å². The Labute approximate surface area is 71.7 Å². The molecule has 0 unspecified atom stereocenters. The molecule has 3 heteroatoms. The second-order valence-electron chi connectivity index (χ2n) is 2.60. The summed E-state index contributed by atoms with van der Waals surface area (Å²) in [5.41, 5.74) is 6.45. The lowest BCUT2D eigenvalue weighted by molar-refractivity contribution is -0.117. The maximum atomic E-state index is 5.36. The van der Waals surface area contributed by atoms with Crippen LogP contribution in [0.25, 0.3) is 0 Å². The Morgan fingerprint density at radius 1 is 1.42 bits per heavy atom. The smallest absolute Gasteiger partial charge is 0.242 e. The van der Waals surface area contributed by atoms with Crippen LogP contribution in [0, 0.1) is 0 Å². The molecule has 4 N–H and O–H groups in total. The third-order valence-corrected chi connectivity index (χ3v) is 1.57. The second kappa shape index (κ2) is 3.76. The molecule has 12 heavy (non-hydrogen) atoms. The number of methoxy groups -OCH3 is 1. The SMILES string of the molecule is COc1ccc(CC(N)=[NH2+])cc1. The molecule has 0 aliphatic rings. The molecule has 0 aromatic heterocycles. The molecule has 0 aliphatic carbocycles. The molecule has 0 bridgehead atoms. The maximum absolute atomic E-state index is 5.36. The molecular weight excluding hydrogens is 152 g/mol. The lowest BCUT2D eigenvalue weighted by atomic mass is 10.1. The molecule has 0 amide bonds. The summed E-state index contributed by atoms with van der Waals surface area (Å²) >= 11 is 0. The van der Waals surface area contributed by atoms with Gasteiger partial charge in [0.15, 0.2) is 0 Å². The number of rotatable bonds is 3. The molecule has 0 spiro atoms. The van der Waals surface area contributed by atoms with Crippen LogP contribution in [0.4, 0.5) is 0 Å². The predicted molar refractivity (Wildman–Crippen MR) is 47.8 cm³/mol. The molecule has 64 valence electrons. The van der Waals surface area contributed by atoms with Gasteiger partial charge in [-0.1, -0.05) is 12.1 Å². The zero-order valence-corrected chi connectivity index (χ0v) is 7.08. The Balaban J connectivity index is 2.71. The molecule has 0 heterocycles. The normalized spacial score (nSPS) is 9.42. The number of hydrogen-bond acceptors (Lipinski definition) is 1. The molecule has 0 saturated carbocycles. The summed E-state index contributed by atoms with van der Waals surface area (Å²) in [7, 11) is 1.64. The van der Waals surface area contributed by atoms with Crippen molar-refractivity contribution in [3.63, 3.8) is 0 Å². The van der Waals surface area contributed by atoms with Crippen molar-refractivity contribution in [2.45, 2.75) is 6.42 Å². The van der Waals surface area contributed by atoms with Crippen LogP contribution in [0.15, 0.2) is 24.3 Å². The van der Waals surface area contributed by atoms with Crippen LogP contribution in [-0.4, -0.2) is 12.9 Å². The Morgan fingerprint density at radius 2 is 2.00 bits per heavy atom. The van der Waals surface area contributed by atoms with E-state index < -0.39 is 0 Å². The fraction of sp³-hybridized carbons (Fsp3) is 0.222. The number of nitrogens with two attached hydrogens (primary N) is 2. The van der Waals surface area contributed by atoms with Crippen molar-refractivity contribution in [3.05, 3.63) is 29.8 Å². The largest absolute Gasteiger partial charge is 0.497 e. The third kappa shape index (κ3) is 2.27. The predicted octanol–water partition coefficient (Wildman–Crippen LogP) is -0.646. The van der Waals surface area contributed by atoms with Gasteiger partial charge < -0.3 is 4.74 Å². The first kappa shape index (κ1) is 8.59.